The summed E-state index contributed by atoms with van der Waals surface area (Å²) in [6.07, 6.45) is 0.900. The minimum Gasteiger partial charge on any atom is -0.352 e. The smallest absolute Gasteiger partial charge is 0.252 e. The Morgan fingerprint density at radius 2 is 2.06 bits per heavy atom. The second kappa shape index (κ2) is 6.84. The molecule has 0 spiro atoms. The van der Waals surface area contributed by atoms with Crippen molar-refractivity contribution in [2.24, 2.45) is 0 Å². The second-order valence-corrected chi connectivity index (χ2v) is 4.80. The fourth-order valence-corrected chi connectivity index (χ4v) is 1.76. The van der Waals surface area contributed by atoms with Crippen molar-refractivity contribution in [3.05, 3.63) is 33.8 Å². The number of halogens is 2. The molecule has 0 aliphatic rings. The lowest BCUT2D eigenvalue weighted by atomic mass is 10.2. The monoisotopic (exact) mass is 274 g/mol. The summed E-state index contributed by atoms with van der Waals surface area (Å²) in [5.41, 5.74) is 0.420. The van der Waals surface area contributed by atoms with Crippen LogP contribution < -0.4 is 5.32 Å². The van der Waals surface area contributed by atoms with Gasteiger partial charge in [-0.3, -0.25) is 4.79 Å². The molecule has 1 amide bonds. The van der Waals surface area contributed by atoms with Crippen LogP contribution in [-0.2, 0) is 0 Å². The van der Waals surface area contributed by atoms with Gasteiger partial charge in [-0.15, -0.1) is 0 Å². The average molecular weight is 275 g/mol. The van der Waals surface area contributed by atoms with E-state index >= 15 is 0 Å². The molecule has 17 heavy (non-hydrogen) atoms. The Labute approximate surface area is 112 Å². The summed E-state index contributed by atoms with van der Waals surface area (Å²) in [6, 6.07) is 5.03. The van der Waals surface area contributed by atoms with E-state index in [0.717, 1.165) is 13.0 Å². The van der Waals surface area contributed by atoms with Crippen LogP contribution in [0.4, 0.5) is 0 Å². The zero-order valence-corrected chi connectivity index (χ0v) is 11.5. The standard InChI is InChI=1S/C12H16Cl2N2O/c1-16(2)8-4-7-15-12(17)9-5-3-6-10(13)11(9)14/h3,5-6H,4,7-8H2,1-2H3,(H,15,17). The van der Waals surface area contributed by atoms with Gasteiger partial charge < -0.3 is 10.2 Å². The first-order valence-electron chi connectivity index (χ1n) is 5.39. The fraction of sp³-hybridized carbons (Fsp3) is 0.417. The van der Waals surface area contributed by atoms with Crippen LogP contribution in [0.5, 0.6) is 0 Å². The third kappa shape index (κ3) is 4.54. The Hall–Kier alpha value is -0.770. The summed E-state index contributed by atoms with van der Waals surface area (Å²) >= 11 is 11.8. The molecule has 0 radical (unpaired) electrons. The summed E-state index contributed by atoms with van der Waals surface area (Å²) in [7, 11) is 3.99. The molecule has 1 aromatic rings. The first kappa shape index (κ1) is 14.3. The normalized spacial score (nSPS) is 10.6. The largest absolute Gasteiger partial charge is 0.352 e. The zero-order chi connectivity index (χ0) is 12.8. The van der Waals surface area contributed by atoms with Crippen LogP contribution in [0.25, 0.3) is 0 Å². The zero-order valence-electron chi connectivity index (χ0n) is 9.96. The van der Waals surface area contributed by atoms with E-state index in [9.17, 15) is 4.79 Å². The summed E-state index contributed by atoms with van der Waals surface area (Å²) in [4.78, 5) is 13.9. The summed E-state index contributed by atoms with van der Waals surface area (Å²) in [6.45, 7) is 1.56. The van der Waals surface area contributed by atoms with Crippen LogP contribution in [-0.4, -0.2) is 38.0 Å². The van der Waals surface area contributed by atoms with Gasteiger partial charge in [-0.2, -0.15) is 0 Å². The van der Waals surface area contributed by atoms with E-state index in [1.807, 2.05) is 14.1 Å². The molecule has 1 rings (SSSR count). The number of rotatable bonds is 5. The Morgan fingerprint density at radius 1 is 1.35 bits per heavy atom. The Morgan fingerprint density at radius 3 is 2.71 bits per heavy atom. The number of carbonyl (C=O) groups is 1. The number of benzene rings is 1. The first-order chi connectivity index (χ1) is 8.02. The average Bonchev–Trinajstić information content (AvgIpc) is 2.27. The molecule has 0 fully saturated rings. The summed E-state index contributed by atoms with van der Waals surface area (Å²) in [5, 5.41) is 3.51. The minimum absolute atomic E-state index is 0.184. The van der Waals surface area contributed by atoms with Gasteiger partial charge in [0.25, 0.3) is 5.91 Å². The number of hydrogen-bond acceptors (Lipinski definition) is 2. The molecule has 0 heterocycles. The van der Waals surface area contributed by atoms with Crippen molar-refractivity contribution in [1.29, 1.82) is 0 Å². The van der Waals surface area contributed by atoms with Crippen molar-refractivity contribution in [3.63, 3.8) is 0 Å². The van der Waals surface area contributed by atoms with E-state index < -0.39 is 0 Å². The second-order valence-electron chi connectivity index (χ2n) is 4.01. The molecular formula is C12H16Cl2N2O. The van der Waals surface area contributed by atoms with E-state index in [1.54, 1.807) is 18.2 Å². The van der Waals surface area contributed by atoms with Gasteiger partial charge in [-0.25, -0.2) is 0 Å². The fourth-order valence-electron chi connectivity index (χ4n) is 1.37. The van der Waals surface area contributed by atoms with Crippen LogP contribution in [0.1, 0.15) is 16.8 Å². The Kier molecular flexibility index (Phi) is 5.75. The van der Waals surface area contributed by atoms with Gasteiger partial charge in [0, 0.05) is 6.54 Å². The highest BCUT2D eigenvalue weighted by molar-refractivity contribution is 6.43. The maximum Gasteiger partial charge on any atom is 0.252 e. The number of hydrogen-bond donors (Lipinski definition) is 1. The molecule has 0 aliphatic carbocycles. The highest BCUT2D eigenvalue weighted by Gasteiger charge is 2.11. The topological polar surface area (TPSA) is 32.3 Å². The highest BCUT2D eigenvalue weighted by Crippen LogP contribution is 2.25. The van der Waals surface area contributed by atoms with Crippen molar-refractivity contribution in [2.45, 2.75) is 6.42 Å². The number of nitrogens with one attached hydrogen (secondary N) is 1. The van der Waals surface area contributed by atoms with E-state index in [2.05, 4.69) is 10.2 Å². The van der Waals surface area contributed by atoms with E-state index in [4.69, 9.17) is 23.2 Å². The molecular weight excluding hydrogens is 259 g/mol. The van der Waals surface area contributed by atoms with Crippen molar-refractivity contribution in [3.8, 4) is 0 Å². The molecule has 0 bridgehead atoms. The minimum atomic E-state index is -0.184. The molecule has 3 nitrogen and oxygen atoms in total. The summed E-state index contributed by atoms with van der Waals surface area (Å²) < 4.78 is 0. The maximum absolute atomic E-state index is 11.8. The van der Waals surface area contributed by atoms with Crippen LogP contribution in [0.2, 0.25) is 10.0 Å². The van der Waals surface area contributed by atoms with Gasteiger partial charge in [0.2, 0.25) is 0 Å². The maximum atomic E-state index is 11.8. The number of nitrogens with zero attached hydrogens (tertiary/aromatic N) is 1. The van der Waals surface area contributed by atoms with Gasteiger partial charge in [-0.05, 0) is 39.2 Å². The molecule has 0 aromatic heterocycles. The van der Waals surface area contributed by atoms with E-state index in [-0.39, 0.29) is 5.91 Å². The Bertz CT molecular complexity index is 394. The number of carbonyl (C=O) groups excluding carboxylic acids is 1. The number of amides is 1. The van der Waals surface area contributed by atoms with Gasteiger partial charge in [-0.1, -0.05) is 29.3 Å². The molecule has 0 unspecified atom stereocenters. The van der Waals surface area contributed by atoms with Crippen molar-refractivity contribution in [2.75, 3.05) is 27.2 Å². The molecule has 0 saturated carbocycles. The van der Waals surface area contributed by atoms with Crippen LogP contribution in [0.3, 0.4) is 0 Å². The molecule has 94 valence electrons. The predicted molar refractivity (Wildman–Crippen MR) is 72.0 cm³/mol. The van der Waals surface area contributed by atoms with Gasteiger partial charge in [0.15, 0.2) is 0 Å². The Balaban J connectivity index is 2.50. The van der Waals surface area contributed by atoms with Crippen LogP contribution in [0.15, 0.2) is 18.2 Å². The first-order valence-corrected chi connectivity index (χ1v) is 6.15. The van der Waals surface area contributed by atoms with Gasteiger partial charge >= 0.3 is 0 Å². The van der Waals surface area contributed by atoms with E-state index in [1.165, 1.54) is 0 Å². The quantitative estimate of drug-likeness (QED) is 0.838. The third-order valence-electron chi connectivity index (χ3n) is 2.26. The summed E-state index contributed by atoms with van der Waals surface area (Å²) in [5.74, 6) is -0.184. The third-order valence-corrected chi connectivity index (χ3v) is 3.08. The lowest BCUT2D eigenvalue weighted by Crippen LogP contribution is -2.27. The van der Waals surface area contributed by atoms with Crippen LogP contribution in [0, 0.1) is 0 Å². The van der Waals surface area contributed by atoms with Gasteiger partial charge in [0.05, 0.1) is 15.6 Å². The van der Waals surface area contributed by atoms with Crippen molar-refractivity contribution >= 4 is 29.1 Å². The lowest BCUT2D eigenvalue weighted by Gasteiger charge is -2.10. The molecule has 1 N–H and O–H groups in total. The van der Waals surface area contributed by atoms with Crippen molar-refractivity contribution < 1.29 is 4.79 Å². The molecule has 1 aromatic carbocycles. The van der Waals surface area contributed by atoms with Crippen molar-refractivity contribution in [1.82, 2.24) is 10.2 Å². The highest BCUT2D eigenvalue weighted by atomic mass is 35.5. The van der Waals surface area contributed by atoms with Gasteiger partial charge in [0.1, 0.15) is 0 Å². The SMILES string of the molecule is CN(C)CCCNC(=O)c1cccc(Cl)c1Cl. The van der Waals surface area contributed by atoms with E-state index in [0.29, 0.717) is 22.2 Å². The molecule has 5 heteroatoms. The predicted octanol–water partition coefficient (Wildman–Crippen LogP) is 2.67. The molecule has 0 aliphatic heterocycles. The molecule has 0 atom stereocenters. The lowest BCUT2D eigenvalue weighted by molar-refractivity contribution is 0.0952. The van der Waals surface area contributed by atoms with Crippen LogP contribution >= 0.6 is 23.2 Å². The molecule has 0 saturated heterocycles.